The van der Waals surface area contributed by atoms with Gasteiger partial charge in [0, 0.05) is 6.42 Å². The minimum absolute atomic E-state index is 0.126. The van der Waals surface area contributed by atoms with Crippen LogP contribution in [0.5, 0.6) is 0 Å². The zero-order chi connectivity index (χ0) is 46.3. The van der Waals surface area contributed by atoms with Crippen LogP contribution in [0.4, 0.5) is 0 Å². The van der Waals surface area contributed by atoms with Crippen molar-refractivity contribution >= 4 is 23.9 Å². The average Bonchev–Trinajstić information content (AvgIpc) is 3.37. The van der Waals surface area contributed by atoms with Gasteiger partial charge in [-0.15, -0.1) is 0 Å². The number of ether oxygens (including phenoxy) is 10. The third-order valence-electron chi connectivity index (χ3n) is 12.1. The van der Waals surface area contributed by atoms with Gasteiger partial charge in [-0.05, 0) is 60.5 Å². The Hall–Kier alpha value is -6.30. The normalized spacial score (nSPS) is 29.4. The van der Waals surface area contributed by atoms with E-state index in [0.717, 1.165) is 12.0 Å². The van der Waals surface area contributed by atoms with Crippen LogP contribution in [-0.2, 0) is 54.0 Å². The number of benzene rings is 5. The van der Waals surface area contributed by atoms with Crippen LogP contribution in [-0.4, -0.2) is 109 Å². The van der Waals surface area contributed by atoms with Crippen LogP contribution in [0.1, 0.15) is 73.2 Å². The molecule has 5 fully saturated rings. The van der Waals surface area contributed by atoms with Gasteiger partial charge in [-0.2, -0.15) is 0 Å². The highest BCUT2D eigenvalue weighted by molar-refractivity contribution is 5.91. The maximum Gasteiger partial charge on any atom is 0.338 e. The molecule has 5 aromatic rings. The third-order valence-corrected chi connectivity index (χ3v) is 12.1. The number of aliphatic hydroxyl groups is 1. The van der Waals surface area contributed by atoms with Gasteiger partial charge in [-0.1, -0.05) is 116 Å². The predicted octanol–water partition coefficient (Wildman–Crippen LogP) is 6.62. The molecule has 1 aliphatic carbocycles. The Balaban J connectivity index is 1.12. The van der Waals surface area contributed by atoms with Crippen molar-refractivity contribution in [1.82, 2.24) is 0 Å². The number of esters is 4. The summed E-state index contributed by atoms with van der Waals surface area (Å²) in [5, 5.41) is 12.0. The molecule has 4 bridgehead atoms. The highest BCUT2D eigenvalue weighted by Gasteiger charge is 2.69. The molecule has 5 aliphatic rings. The molecule has 15 heteroatoms. The van der Waals surface area contributed by atoms with E-state index in [1.807, 2.05) is 37.3 Å². The van der Waals surface area contributed by atoms with Crippen molar-refractivity contribution in [2.45, 2.75) is 106 Å². The highest BCUT2D eigenvalue weighted by Crippen LogP contribution is 2.50. The van der Waals surface area contributed by atoms with E-state index in [4.69, 9.17) is 47.4 Å². The lowest BCUT2D eigenvalue weighted by Gasteiger charge is -2.62. The minimum Gasteiger partial charge on any atom is -0.459 e. The van der Waals surface area contributed by atoms with Gasteiger partial charge in [0.1, 0.15) is 49.3 Å². The van der Waals surface area contributed by atoms with Crippen molar-refractivity contribution in [1.29, 1.82) is 0 Å². The van der Waals surface area contributed by atoms with Crippen molar-refractivity contribution in [3.05, 3.63) is 179 Å². The molecular formula is C52H50O15. The van der Waals surface area contributed by atoms with E-state index in [1.54, 1.807) is 84.9 Å². The first kappa shape index (κ1) is 45.8. The predicted molar refractivity (Wildman–Crippen MR) is 235 cm³/mol. The first-order chi connectivity index (χ1) is 32.7. The standard InChI is InChI=1S/C52H50O15/c1-2-3-29-52-65-40-38(53)41(66-52)44(45(67-52)42(40)58-30-32-19-9-4-10-20-32)64-51-46(63-50(57)36-27-17-8-18-28-36)43(62-49(56)35-25-15-7-16-26-35)39(61-48(55)34-23-13-6-14-24-34)37(60-51)31-59-47(54)33-21-11-5-12-22-33/h4-28,37-46,51,53H,2-3,29-31H2,1H3/t37-,38?,39-,40?,41?,42?,43+,44?,45?,46+,51-,52?/m1/s1. The molecule has 0 amide bonds. The molecule has 4 heterocycles. The summed E-state index contributed by atoms with van der Waals surface area (Å²) in [6, 6.07) is 41.9. The number of rotatable bonds is 17. The molecule has 5 aromatic carbocycles. The summed E-state index contributed by atoms with van der Waals surface area (Å²) in [4.78, 5) is 55.9. The van der Waals surface area contributed by atoms with E-state index in [0.29, 0.717) is 12.8 Å². The molecule has 4 saturated heterocycles. The van der Waals surface area contributed by atoms with Gasteiger partial charge < -0.3 is 52.5 Å². The Morgan fingerprint density at radius 2 is 0.985 bits per heavy atom. The fourth-order valence-electron chi connectivity index (χ4n) is 8.72. The molecule has 67 heavy (non-hydrogen) atoms. The monoisotopic (exact) mass is 914 g/mol. The fourth-order valence-corrected chi connectivity index (χ4v) is 8.72. The van der Waals surface area contributed by atoms with Crippen LogP contribution in [0.2, 0.25) is 0 Å². The van der Waals surface area contributed by atoms with Crippen molar-refractivity contribution in [3.63, 3.8) is 0 Å². The van der Waals surface area contributed by atoms with E-state index in [2.05, 4.69) is 0 Å². The third kappa shape index (κ3) is 10.2. The van der Waals surface area contributed by atoms with Crippen LogP contribution < -0.4 is 0 Å². The number of carbonyl (C=O) groups is 4. The van der Waals surface area contributed by atoms with Gasteiger partial charge in [0.15, 0.2) is 24.6 Å². The molecule has 348 valence electrons. The van der Waals surface area contributed by atoms with Crippen molar-refractivity contribution in [3.8, 4) is 0 Å². The molecular weight excluding hydrogens is 865 g/mol. The van der Waals surface area contributed by atoms with Crippen molar-refractivity contribution < 1.29 is 71.7 Å². The van der Waals surface area contributed by atoms with Gasteiger partial charge >= 0.3 is 23.9 Å². The molecule has 0 aromatic heterocycles. The second-order valence-corrected chi connectivity index (χ2v) is 16.6. The molecule has 0 spiro atoms. The smallest absolute Gasteiger partial charge is 0.338 e. The lowest BCUT2D eigenvalue weighted by molar-refractivity contribution is -0.547. The van der Waals surface area contributed by atoms with Gasteiger partial charge in [0.2, 0.25) is 0 Å². The number of hydrogen-bond donors (Lipinski definition) is 1. The first-order valence-corrected chi connectivity index (χ1v) is 22.4. The fraction of sp³-hybridized carbons (Fsp3) is 0.346. The summed E-state index contributed by atoms with van der Waals surface area (Å²) in [6.07, 6.45) is -12.6. The summed E-state index contributed by atoms with van der Waals surface area (Å²) in [7, 11) is 0. The van der Waals surface area contributed by atoms with Gasteiger partial charge in [0.25, 0.3) is 5.97 Å². The molecule has 10 rings (SSSR count). The Morgan fingerprint density at radius 1 is 0.537 bits per heavy atom. The minimum atomic E-state index is -1.70. The summed E-state index contributed by atoms with van der Waals surface area (Å²) >= 11 is 0. The molecule has 12 atom stereocenters. The topological polar surface area (TPSA) is 181 Å². The Bertz CT molecular complexity index is 2440. The van der Waals surface area contributed by atoms with E-state index in [-0.39, 0.29) is 28.9 Å². The van der Waals surface area contributed by atoms with E-state index >= 15 is 0 Å². The number of carbonyl (C=O) groups excluding carboxylic acids is 4. The molecule has 15 nitrogen and oxygen atoms in total. The van der Waals surface area contributed by atoms with E-state index < -0.39 is 104 Å². The summed E-state index contributed by atoms with van der Waals surface area (Å²) in [5.74, 6) is -4.82. The van der Waals surface area contributed by atoms with Crippen LogP contribution in [0.3, 0.4) is 0 Å². The van der Waals surface area contributed by atoms with E-state index in [1.165, 1.54) is 36.4 Å². The van der Waals surface area contributed by atoms with Crippen LogP contribution in [0.25, 0.3) is 0 Å². The molecule has 1 saturated carbocycles. The van der Waals surface area contributed by atoms with E-state index in [9.17, 15) is 24.3 Å². The first-order valence-electron chi connectivity index (χ1n) is 22.4. The SMILES string of the molecule is CCCCC12OC3C(O)C(O1)C(O[C@H]1O[C@H](COC(=O)c4ccccc4)[C@@H](OC(=O)c4ccccc4)[C@H](OC(=O)c4ccccc4)[C@@H]1OC(=O)c1ccccc1)C(O2)C3OCc1ccccc1. The molecule has 0 radical (unpaired) electrons. The Morgan fingerprint density at radius 3 is 1.51 bits per heavy atom. The zero-order valence-corrected chi connectivity index (χ0v) is 36.5. The number of aliphatic hydroxyl groups excluding tert-OH is 1. The van der Waals surface area contributed by atoms with Crippen LogP contribution >= 0.6 is 0 Å². The van der Waals surface area contributed by atoms with Crippen molar-refractivity contribution in [2.24, 2.45) is 0 Å². The lowest BCUT2D eigenvalue weighted by Crippen LogP contribution is -2.80. The number of unbranched alkanes of at least 4 members (excludes halogenated alkanes) is 1. The van der Waals surface area contributed by atoms with Crippen LogP contribution in [0.15, 0.2) is 152 Å². The zero-order valence-electron chi connectivity index (χ0n) is 36.5. The summed E-state index contributed by atoms with van der Waals surface area (Å²) in [5.41, 5.74) is 1.48. The van der Waals surface area contributed by atoms with Gasteiger partial charge in [-0.25, -0.2) is 19.2 Å². The lowest BCUT2D eigenvalue weighted by atomic mass is 9.81. The molecule has 1 N–H and O–H groups in total. The largest absolute Gasteiger partial charge is 0.459 e. The molecule has 7 unspecified atom stereocenters. The van der Waals surface area contributed by atoms with Gasteiger partial charge in [0.05, 0.1) is 28.9 Å². The summed E-state index contributed by atoms with van der Waals surface area (Å²) in [6.45, 7) is 1.59. The average molecular weight is 915 g/mol. The quantitative estimate of drug-likeness (QED) is 0.0776. The Labute approximate surface area is 386 Å². The second-order valence-electron chi connectivity index (χ2n) is 16.6. The second kappa shape index (κ2) is 20.7. The molecule has 4 aliphatic heterocycles. The number of hydrogen-bond acceptors (Lipinski definition) is 15. The van der Waals surface area contributed by atoms with Crippen LogP contribution in [0, 0.1) is 0 Å². The maximum absolute atomic E-state index is 14.2. The van der Waals surface area contributed by atoms with Gasteiger partial charge in [-0.3, -0.25) is 0 Å². The summed E-state index contributed by atoms with van der Waals surface area (Å²) < 4.78 is 64.0. The maximum atomic E-state index is 14.2. The highest BCUT2D eigenvalue weighted by atomic mass is 16.9. The van der Waals surface area contributed by atoms with Crippen molar-refractivity contribution in [2.75, 3.05) is 6.61 Å². The Kier molecular flexibility index (Phi) is 14.2.